The van der Waals surface area contributed by atoms with Crippen LogP contribution in [0.25, 0.3) is 0 Å². The zero-order chi connectivity index (χ0) is 11.4. The van der Waals surface area contributed by atoms with E-state index in [0.29, 0.717) is 0 Å². The van der Waals surface area contributed by atoms with Crippen LogP contribution in [0.15, 0.2) is 53.3 Å². The maximum atomic E-state index is 5.51. The van der Waals surface area contributed by atoms with Crippen molar-refractivity contribution in [1.82, 2.24) is 4.98 Å². The summed E-state index contributed by atoms with van der Waals surface area (Å²) in [5, 5.41) is 0. The topological polar surface area (TPSA) is 22.1 Å². The first-order valence-corrected chi connectivity index (χ1v) is 5.79. The van der Waals surface area contributed by atoms with Gasteiger partial charge in [-0.2, -0.15) is 0 Å². The van der Waals surface area contributed by atoms with E-state index < -0.39 is 0 Å². The summed E-state index contributed by atoms with van der Waals surface area (Å²) in [7, 11) is 1.71. The van der Waals surface area contributed by atoms with Crippen LogP contribution in [-0.2, 0) is 4.74 Å². The fraction of sp³-hybridized carbons (Fsp3) is 0.154. The number of pyridine rings is 1. The van der Waals surface area contributed by atoms with Crippen molar-refractivity contribution in [3.8, 4) is 0 Å². The molecule has 0 amide bonds. The van der Waals surface area contributed by atoms with E-state index >= 15 is 0 Å². The van der Waals surface area contributed by atoms with E-state index in [0.717, 1.165) is 15.6 Å². The molecular weight excluding hydrogens is 266 g/mol. The maximum absolute atomic E-state index is 5.51. The predicted octanol–water partition coefficient (Wildman–Crippen LogP) is 3.58. The lowest BCUT2D eigenvalue weighted by molar-refractivity contribution is 0.136. The van der Waals surface area contributed by atoms with Crippen molar-refractivity contribution >= 4 is 15.9 Å². The Balaban J connectivity index is 2.33. The van der Waals surface area contributed by atoms with E-state index in [1.54, 1.807) is 13.3 Å². The average molecular weight is 278 g/mol. The lowest BCUT2D eigenvalue weighted by Crippen LogP contribution is -2.03. The minimum Gasteiger partial charge on any atom is -0.372 e. The molecule has 0 aliphatic carbocycles. The number of hydrogen-bond acceptors (Lipinski definition) is 2. The number of hydrogen-bond donors (Lipinski definition) is 0. The summed E-state index contributed by atoms with van der Waals surface area (Å²) in [6, 6.07) is 12.1. The monoisotopic (exact) mass is 277 g/mol. The first kappa shape index (κ1) is 11.3. The van der Waals surface area contributed by atoms with Crippen LogP contribution in [0.5, 0.6) is 0 Å². The lowest BCUT2D eigenvalue weighted by atomic mass is 10.0. The van der Waals surface area contributed by atoms with Crippen molar-refractivity contribution in [3.05, 3.63) is 64.4 Å². The van der Waals surface area contributed by atoms with E-state index in [9.17, 15) is 0 Å². The Bertz CT molecular complexity index is 441. The fourth-order valence-electron chi connectivity index (χ4n) is 1.63. The van der Waals surface area contributed by atoms with Gasteiger partial charge in [0.1, 0.15) is 6.10 Å². The Morgan fingerprint density at radius 2 is 1.88 bits per heavy atom. The third kappa shape index (κ3) is 2.49. The number of rotatable bonds is 3. The van der Waals surface area contributed by atoms with E-state index in [1.807, 2.05) is 42.6 Å². The Morgan fingerprint density at radius 3 is 2.44 bits per heavy atom. The van der Waals surface area contributed by atoms with E-state index in [-0.39, 0.29) is 6.10 Å². The number of aromatic nitrogens is 1. The zero-order valence-electron chi connectivity index (χ0n) is 8.93. The Morgan fingerprint density at radius 1 is 1.12 bits per heavy atom. The SMILES string of the molecule is COC(c1ccc(Br)cc1)c1cccnc1. The fourth-order valence-corrected chi connectivity index (χ4v) is 1.90. The average Bonchev–Trinajstić information content (AvgIpc) is 2.34. The van der Waals surface area contributed by atoms with Crippen LogP contribution in [0.2, 0.25) is 0 Å². The van der Waals surface area contributed by atoms with Crippen LogP contribution in [0.4, 0.5) is 0 Å². The van der Waals surface area contributed by atoms with Gasteiger partial charge in [0, 0.05) is 29.5 Å². The summed E-state index contributed by atoms with van der Waals surface area (Å²) < 4.78 is 6.57. The molecule has 0 aliphatic heterocycles. The molecule has 2 nitrogen and oxygen atoms in total. The Kier molecular flexibility index (Phi) is 3.70. The van der Waals surface area contributed by atoms with Crippen molar-refractivity contribution in [3.63, 3.8) is 0 Å². The number of methoxy groups -OCH3 is 1. The quantitative estimate of drug-likeness (QED) is 0.856. The van der Waals surface area contributed by atoms with Gasteiger partial charge in [-0.25, -0.2) is 0 Å². The molecule has 16 heavy (non-hydrogen) atoms. The summed E-state index contributed by atoms with van der Waals surface area (Å²) in [5.74, 6) is 0. The molecule has 1 atom stereocenters. The van der Waals surface area contributed by atoms with Crippen molar-refractivity contribution in [2.24, 2.45) is 0 Å². The van der Waals surface area contributed by atoms with E-state index in [4.69, 9.17) is 4.74 Å². The number of nitrogens with zero attached hydrogens (tertiary/aromatic N) is 1. The highest BCUT2D eigenvalue weighted by Crippen LogP contribution is 2.25. The van der Waals surface area contributed by atoms with Gasteiger partial charge in [-0.1, -0.05) is 34.1 Å². The molecule has 1 unspecified atom stereocenters. The first-order valence-electron chi connectivity index (χ1n) is 4.99. The standard InChI is InChI=1S/C13H12BrNO/c1-16-13(11-3-2-8-15-9-11)10-4-6-12(14)7-5-10/h2-9,13H,1H3. The third-order valence-corrected chi connectivity index (χ3v) is 2.92. The zero-order valence-corrected chi connectivity index (χ0v) is 10.5. The van der Waals surface area contributed by atoms with Gasteiger partial charge in [-0.05, 0) is 23.8 Å². The van der Waals surface area contributed by atoms with Crippen molar-refractivity contribution in [2.45, 2.75) is 6.10 Å². The lowest BCUT2D eigenvalue weighted by Gasteiger charge is -2.15. The molecule has 0 fully saturated rings. The number of benzene rings is 1. The second kappa shape index (κ2) is 5.23. The van der Waals surface area contributed by atoms with Crippen LogP contribution < -0.4 is 0 Å². The number of halogens is 1. The highest BCUT2D eigenvalue weighted by Gasteiger charge is 2.12. The molecule has 1 heterocycles. The molecule has 82 valence electrons. The van der Waals surface area contributed by atoms with Crippen LogP contribution in [0, 0.1) is 0 Å². The van der Waals surface area contributed by atoms with Gasteiger partial charge < -0.3 is 4.74 Å². The molecule has 0 bridgehead atoms. The summed E-state index contributed by atoms with van der Waals surface area (Å²) >= 11 is 3.42. The predicted molar refractivity (Wildman–Crippen MR) is 67.2 cm³/mol. The molecule has 1 aromatic carbocycles. The Labute approximate surface area is 103 Å². The van der Waals surface area contributed by atoms with Gasteiger partial charge in [0.05, 0.1) is 0 Å². The van der Waals surface area contributed by atoms with E-state index in [2.05, 4.69) is 20.9 Å². The number of ether oxygens (including phenoxy) is 1. The van der Waals surface area contributed by atoms with Gasteiger partial charge >= 0.3 is 0 Å². The second-order valence-electron chi connectivity index (χ2n) is 3.45. The molecular formula is C13H12BrNO. The smallest absolute Gasteiger partial charge is 0.109 e. The van der Waals surface area contributed by atoms with Crippen LogP contribution in [-0.4, -0.2) is 12.1 Å². The Hall–Kier alpha value is -1.19. The molecule has 0 spiro atoms. The van der Waals surface area contributed by atoms with Crippen molar-refractivity contribution in [2.75, 3.05) is 7.11 Å². The van der Waals surface area contributed by atoms with Gasteiger partial charge in [0.15, 0.2) is 0 Å². The van der Waals surface area contributed by atoms with Crippen LogP contribution in [0.1, 0.15) is 17.2 Å². The largest absolute Gasteiger partial charge is 0.372 e. The summed E-state index contributed by atoms with van der Waals surface area (Å²) in [5.41, 5.74) is 2.19. The molecule has 2 aromatic rings. The minimum atomic E-state index is -0.0539. The van der Waals surface area contributed by atoms with Gasteiger partial charge in [0.25, 0.3) is 0 Å². The molecule has 0 aliphatic rings. The maximum Gasteiger partial charge on any atom is 0.109 e. The van der Waals surface area contributed by atoms with Crippen LogP contribution in [0.3, 0.4) is 0 Å². The second-order valence-corrected chi connectivity index (χ2v) is 4.37. The highest BCUT2D eigenvalue weighted by molar-refractivity contribution is 9.10. The third-order valence-electron chi connectivity index (χ3n) is 2.40. The summed E-state index contributed by atoms with van der Waals surface area (Å²) in [4.78, 5) is 4.11. The van der Waals surface area contributed by atoms with Crippen molar-refractivity contribution in [1.29, 1.82) is 0 Å². The summed E-state index contributed by atoms with van der Waals surface area (Å²) in [6.45, 7) is 0. The van der Waals surface area contributed by atoms with E-state index in [1.165, 1.54) is 0 Å². The minimum absolute atomic E-state index is 0.0539. The molecule has 3 heteroatoms. The molecule has 0 radical (unpaired) electrons. The molecule has 2 rings (SSSR count). The molecule has 0 N–H and O–H groups in total. The van der Waals surface area contributed by atoms with Gasteiger partial charge in [0.2, 0.25) is 0 Å². The molecule has 0 saturated heterocycles. The van der Waals surface area contributed by atoms with Crippen molar-refractivity contribution < 1.29 is 4.74 Å². The van der Waals surface area contributed by atoms with Crippen LogP contribution >= 0.6 is 15.9 Å². The van der Waals surface area contributed by atoms with Gasteiger partial charge in [-0.3, -0.25) is 4.98 Å². The normalized spacial score (nSPS) is 12.4. The molecule has 1 aromatic heterocycles. The first-order chi connectivity index (χ1) is 7.81. The summed E-state index contributed by atoms with van der Waals surface area (Å²) in [6.07, 6.45) is 3.54. The molecule has 0 saturated carbocycles. The van der Waals surface area contributed by atoms with Gasteiger partial charge in [-0.15, -0.1) is 0 Å². The highest BCUT2D eigenvalue weighted by atomic mass is 79.9.